The van der Waals surface area contributed by atoms with Gasteiger partial charge in [0.1, 0.15) is 0 Å². The Morgan fingerprint density at radius 1 is 1.00 bits per heavy atom. The Hall–Kier alpha value is -3.41. The highest BCUT2D eigenvalue weighted by molar-refractivity contribution is 6.21. The quantitative estimate of drug-likeness (QED) is 0.561. The first-order valence-electron chi connectivity index (χ1n) is 8.85. The van der Waals surface area contributed by atoms with E-state index in [1.807, 2.05) is 18.3 Å². The molecule has 0 fully saturated rings. The van der Waals surface area contributed by atoms with Gasteiger partial charge in [-0.3, -0.25) is 19.3 Å². The molecule has 3 amide bonds. The molecule has 2 aromatic carbocycles. The van der Waals surface area contributed by atoms with Gasteiger partial charge >= 0.3 is 0 Å². The van der Waals surface area contributed by atoms with E-state index in [2.05, 4.69) is 28.1 Å². The molecule has 1 aliphatic heterocycles. The second-order valence-electron chi connectivity index (χ2n) is 6.61. The maximum atomic E-state index is 12.4. The van der Waals surface area contributed by atoms with Gasteiger partial charge in [0.2, 0.25) is 0 Å². The summed E-state index contributed by atoms with van der Waals surface area (Å²) in [7, 11) is 1.44. The van der Waals surface area contributed by atoms with E-state index in [1.54, 1.807) is 12.1 Å². The van der Waals surface area contributed by atoms with Crippen molar-refractivity contribution in [2.75, 3.05) is 13.6 Å². The fourth-order valence-electron chi connectivity index (χ4n) is 3.39. The lowest BCUT2D eigenvalue weighted by molar-refractivity contribution is 0.0693. The van der Waals surface area contributed by atoms with Gasteiger partial charge in [-0.2, -0.15) is 0 Å². The molecule has 4 rings (SSSR count). The molecule has 6 nitrogen and oxygen atoms in total. The van der Waals surface area contributed by atoms with Crippen molar-refractivity contribution in [3.05, 3.63) is 71.4 Å². The van der Waals surface area contributed by atoms with E-state index >= 15 is 0 Å². The predicted molar refractivity (Wildman–Crippen MR) is 102 cm³/mol. The fraction of sp³-hybridized carbons (Fsp3) is 0.190. The van der Waals surface area contributed by atoms with E-state index < -0.39 is 0 Å². The van der Waals surface area contributed by atoms with E-state index in [4.69, 9.17) is 0 Å². The number of amides is 3. The fourth-order valence-corrected chi connectivity index (χ4v) is 3.39. The Morgan fingerprint density at radius 2 is 1.78 bits per heavy atom. The smallest absolute Gasteiger partial charge is 0.261 e. The molecule has 6 heteroatoms. The second-order valence-corrected chi connectivity index (χ2v) is 6.61. The summed E-state index contributed by atoms with van der Waals surface area (Å²) in [5.74, 6) is -0.949. The molecule has 0 aliphatic carbocycles. The number of hydrogen-bond acceptors (Lipinski definition) is 3. The summed E-state index contributed by atoms with van der Waals surface area (Å²) in [6.45, 7) is 1.32. The summed E-state index contributed by atoms with van der Waals surface area (Å²) in [4.78, 5) is 37.4. The number of para-hydroxylation sites is 1. The van der Waals surface area contributed by atoms with Gasteiger partial charge in [-0.1, -0.05) is 18.2 Å². The first-order chi connectivity index (χ1) is 13.1. The van der Waals surface area contributed by atoms with Crippen LogP contribution in [-0.2, 0) is 6.54 Å². The van der Waals surface area contributed by atoms with E-state index in [0.29, 0.717) is 17.7 Å². The normalized spacial score (nSPS) is 13.3. The van der Waals surface area contributed by atoms with E-state index in [9.17, 15) is 14.4 Å². The van der Waals surface area contributed by atoms with Crippen LogP contribution < -0.4 is 5.32 Å². The minimum atomic E-state index is -0.371. The summed E-state index contributed by atoms with van der Waals surface area (Å²) < 4.78 is 2.16. The summed E-state index contributed by atoms with van der Waals surface area (Å²) >= 11 is 0. The SMILES string of the molecule is CN1C(=O)c2ccc(C(=O)NCCCn3ccc4ccccc43)cc2C1=O. The number of imide groups is 1. The summed E-state index contributed by atoms with van der Waals surface area (Å²) in [5, 5.41) is 4.07. The number of nitrogens with one attached hydrogen (secondary N) is 1. The third-order valence-electron chi connectivity index (χ3n) is 4.89. The number of nitrogens with zero attached hydrogens (tertiary/aromatic N) is 2. The number of aryl methyl sites for hydroxylation is 1. The maximum Gasteiger partial charge on any atom is 0.261 e. The number of rotatable bonds is 5. The zero-order valence-corrected chi connectivity index (χ0v) is 14.9. The first-order valence-corrected chi connectivity index (χ1v) is 8.85. The zero-order chi connectivity index (χ0) is 19.0. The molecular formula is C21H19N3O3. The molecule has 0 atom stereocenters. The monoisotopic (exact) mass is 361 g/mol. The lowest BCUT2D eigenvalue weighted by atomic mass is 10.1. The first kappa shape index (κ1) is 17.0. The van der Waals surface area contributed by atoms with Crippen molar-refractivity contribution in [1.82, 2.24) is 14.8 Å². The van der Waals surface area contributed by atoms with Crippen LogP contribution in [0.3, 0.4) is 0 Å². The molecule has 0 saturated heterocycles. The molecule has 27 heavy (non-hydrogen) atoms. The number of carbonyl (C=O) groups is 3. The molecule has 1 aromatic heterocycles. The average Bonchev–Trinajstić information content (AvgIpc) is 3.20. The highest BCUT2D eigenvalue weighted by Gasteiger charge is 2.33. The Kier molecular flexibility index (Phi) is 4.24. The zero-order valence-electron chi connectivity index (χ0n) is 14.9. The lowest BCUT2D eigenvalue weighted by Gasteiger charge is -2.08. The van der Waals surface area contributed by atoms with Crippen molar-refractivity contribution in [3.8, 4) is 0 Å². The maximum absolute atomic E-state index is 12.4. The second kappa shape index (κ2) is 6.72. The largest absolute Gasteiger partial charge is 0.352 e. The van der Waals surface area contributed by atoms with Crippen molar-refractivity contribution in [2.24, 2.45) is 0 Å². The van der Waals surface area contributed by atoms with Crippen LogP contribution >= 0.6 is 0 Å². The number of hydrogen-bond donors (Lipinski definition) is 1. The van der Waals surface area contributed by atoms with Gasteiger partial charge in [-0.15, -0.1) is 0 Å². The molecule has 0 radical (unpaired) electrons. The van der Waals surface area contributed by atoms with Gasteiger partial charge in [0.05, 0.1) is 11.1 Å². The third-order valence-corrected chi connectivity index (χ3v) is 4.89. The van der Waals surface area contributed by atoms with E-state index in [0.717, 1.165) is 17.9 Å². The van der Waals surface area contributed by atoms with Gasteiger partial charge in [-0.25, -0.2) is 0 Å². The highest BCUT2D eigenvalue weighted by atomic mass is 16.2. The summed E-state index contributed by atoms with van der Waals surface area (Å²) in [5.41, 5.74) is 2.19. The third kappa shape index (κ3) is 2.99. The topological polar surface area (TPSA) is 71.4 Å². The Balaban J connectivity index is 1.36. The minimum absolute atomic E-state index is 0.245. The molecule has 1 N–H and O–H groups in total. The van der Waals surface area contributed by atoms with Crippen LogP contribution in [0, 0.1) is 0 Å². The predicted octanol–water partition coefficient (Wildman–Crippen LogP) is 2.69. The molecule has 0 saturated carbocycles. The van der Waals surface area contributed by atoms with Crippen LogP contribution in [0.2, 0.25) is 0 Å². The lowest BCUT2D eigenvalue weighted by Crippen LogP contribution is -2.25. The van der Waals surface area contributed by atoms with E-state index in [-0.39, 0.29) is 23.3 Å². The van der Waals surface area contributed by atoms with Crippen molar-refractivity contribution in [3.63, 3.8) is 0 Å². The number of benzene rings is 2. The molecule has 3 aromatic rings. The highest BCUT2D eigenvalue weighted by Crippen LogP contribution is 2.22. The number of fused-ring (bicyclic) bond motifs is 2. The van der Waals surface area contributed by atoms with Gasteiger partial charge in [-0.05, 0) is 42.1 Å². The van der Waals surface area contributed by atoms with E-state index in [1.165, 1.54) is 24.0 Å². The average molecular weight is 361 g/mol. The molecule has 2 heterocycles. The summed E-state index contributed by atoms with van der Waals surface area (Å²) in [6.07, 6.45) is 2.83. The van der Waals surface area contributed by atoms with Crippen LogP contribution in [0.25, 0.3) is 10.9 Å². The molecule has 0 bridgehead atoms. The van der Waals surface area contributed by atoms with Gasteiger partial charge in [0.15, 0.2) is 0 Å². The minimum Gasteiger partial charge on any atom is -0.352 e. The Bertz CT molecular complexity index is 1070. The van der Waals surface area contributed by atoms with Crippen LogP contribution in [-0.4, -0.2) is 40.8 Å². The van der Waals surface area contributed by atoms with Crippen molar-refractivity contribution in [1.29, 1.82) is 0 Å². The van der Waals surface area contributed by atoms with Crippen molar-refractivity contribution in [2.45, 2.75) is 13.0 Å². The van der Waals surface area contributed by atoms with Crippen molar-refractivity contribution < 1.29 is 14.4 Å². The standard InChI is InChI=1S/C21H19N3O3/c1-23-20(26)16-8-7-15(13-17(16)21(23)27)19(25)22-10-4-11-24-12-9-14-5-2-3-6-18(14)24/h2-3,5-9,12-13H,4,10-11H2,1H3,(H,22,25). The van der Waals surface area contributed by atoms with Crippen LogP contribution in [0.15, 0.2) is 54.7 Å². The number of aromatic nitrogens is 1. The van der Waals surface area contributed by atoms with Crippen LogP contribution in [0.4, 0.5) is 0 Å². The Labute approximate surface area is 156 Å². The number of carbonyl (C=O) groups excluding carboxylic acids is 3. The van der Waals surface area contributed by atoms with Gasteiger partial charge in [0, 0.05) is 37.4 Å². The van der Waals surface area contributed by atoms with Gasteiger partial charge < -0.3 is 9.88 Å². The molecule has 0 spiro atoms. The molecule has 0 unspecified atom stereocenters. The molecule has 1 aliphatic rings. The Morgan fingerprint density at radius 3 is 2.63 bits per heavy atom. The van der Waals surface area contributed by atoms with Crippen LogP contribution in [0.5, 0.6) is 0 Å². The molecular weight excluding hydrogens is 342 g/mol. The van der Waals surface area contributed by atoms with Gasteiger partial charge in [0.25, 0.3) is 17.7 Å². The summed E-state index contributed by atoms with van der Waals surface area (Å²) in [6, 6.07) is 14.9. The molecule has 136 valence electrons. The van der Waals surface area contributed by atoms with Crippen LogP contribution in [0.1, 0.15) is 37.5 Å². The van der Waals surface area contributed by atoms with Crippen molar-refractivity contribution >= 4 is 28.6 Å².